The van der Waals surface area contributed by atoms with Gasteiger partial charge < -0.3 is 9.84 Å². The topological polar surface area (TPSA) is 41.9 Å². The first-order chi connectivity index (χ1) is 5.73. The van der Waals surface area contributed by atoms with Gasteiger partial charge in [-0.15, -0.1) is 0 Å². The molecule has 2 saturated heterocycles. The van der Waals surface area contributed by atoms with Gasteiger partial charge in [-0.05, 0) is 6.92 Å². The maximum atomic E-state index is 9.08. The van der Waals surface area contributed by atoms with Gasteiger partial charge in [0.05, 0.1) is 25.9 Å². The van der Waals surface area contributed by atoms with Gasteiger partial charge in [-0.25, -0.2) is 0 Å². The highest BCUT2D eigenvalue weighted by Crippen LogP contribution is 2.31. The van der Waals surface area contributed by atoms with E-state index in [9.17, 15) is 0 Å². The maximum absolute atomic E-state index is 9.08. The van der Waals surface area contributed by atoms with E-state index in [2.05, 4.69) is 0 Å². The highest BCUT2D eigenvalue weighted by molar-refractivity contribution is 4.88. The number of fused-ring (bicyclic) bond motifs is 1. The summed E-state index contributed by atoms with van der Waals surface area (Å²) in [5.74, 6) is 0. The molecule has 2 rings (SSSR count). The molecule has 0 aliphatic carbocycles. The molecule has 12 heavy (non-hydrogen) atoms. The number of aliphatic hydroxyl groups is 1. The van der Waals surface area contributed by atoms with Crippen LogP contribution in [0.1, 0.15) is 13.3 Å². The van der Waals surface area contributed by atoms with Crippen molar-refractivity contribution in [2.45, 2.75) is 25.0 Å². The predicted molar refractivity (Wildman–Crippen MR) is 42.5 cm³/mol. The number of morpholine rings is 1. The molecule has 2 heterocycles. The minimum Gasteiger partial charge on any atom is -0.393 e. The van der Waals surface area contributed by atoms with Crippen LogP contribution in [0.2, 0.25) is 0 Å². The van der Waals surface area contributed by atoms with Crippen molar-refractivity contribution in [2.75, 3.05) is 26.4 Å². The third kappa shape index (κ3) is 1.35. The molecule has 0 spiro atoms. The predicted octanol–water partition coefficient (Wildman–Crippen LogP) is -0.227. The van der Waals surface area contributed by atoms with E-state index in [0.29, 0.717) is 6.04 Å². The average Bonchev–Trinajstić information content (AvgIpc) is 2.42. The zero-order valence-corrected chi connectivity index (χ0v) is 7.32. The monoisotopic (exact) mass is 173 g/mol. The first-order valence-corrected chi connectivity index (χ1v) is 4.38. The van der Waals surface area contributed by atoms with E-state index < -0.39 is 0 Å². The van der Waals surface area contributed by atoms with Gasteiger partial charge in [0, 0.05) is 13.0 Å². The lowest BCUT2D eigenvalue weighted by molar-refractivity contribution is -0.231. The highest BCUT2D eigenvalue weighted by Gasteiger charge is 2.43. The van der Waals surface area contributed by atoms with Crippen molar-refractivity contribution in [3.05, 3.63) is 0 Å². The fraction of sp³-hybridized carbons (Fsp3) is 1.00. The minimum atomic E-state index is -0.377. The number of hydrogen-bond donors (Lipinski definition) is 1. The van der Waals surface area contributed by atoms with Crippen LogP contribution in [0.25, 0.3) is 0 Å². The van der Waals surface area contributed by atoms with Crippen LogP contribution in [0, 0.1) is 0 Å². The molecule has 0 saturated carbocycles. The van der Waals surface area contributed by atoms with Crippen LogP contribution in [0.5, 0.6) is 0 Å². The molecule has 0 radical (unpaired) electrons. The SMILES string of the molecule is C[C@@]1(CO)C[C@@H]2COCCN2O1. The van der Waals surface area contributed by atoms with Crippen molar-refractivity contribution in [3.8, 4) is 0 Å². The maximum Gasteiger partial charge on any atom is 0.112 e. The number of nitrogens with zero attached hydrogens (tertiary/aromatic N) is 1. The van der Waals surface area contributed by atoms with Crippen LogP contribution in [-0.2, 0) is 9.57 Å². The van der Waals surface area contributed by atoms with Crippen LogP contribution in [-0.4, -0.2) is 48.2 Å². The van der Waals surface area contributed by atoms with Gasteiger partial charge in [0.25, 0.3) is 0 Å². The van der Waals surface area contributed by atoms with Gasteiger partial charge in [0.2, 0.25) is 0 Å². The zero-order valence-electron chi connectivity index (χ0n) is 7.32. The van der Waals surface area contributed by atoms with E-state index in [-0.39, 0.29) is 12.2 Å². The standard InChI is InChI=1S/C8H15NO3/c1-8(6-10)4-7-5-11-3-2-9(7)12-8/h7,10H,2-6H2,1H3/t7-,8+/m1/s1. The fourth-order valence-corrected chi connectivity index (χ4v) is 1.83. The van der Waals surface area contributed by atoms with Gasteiger partial charge in [0.1, 0.15) is 5.60 Å². The summed E-state index contributed by atoms with van der Waals surface area (Å²) in [6.45, 7) is 4.30. The molecule has 2 atom stereocenters. The van der Waals surface area contributed by atoms with Crippen molar-refractivity contribution in [2.24, 2.45) is 0 Å². The van der Waals surface area contributed by atoms with Crippen LogP contribution < -0.4 is 0 Å². The molecule has 1 N–H and O–H groups in total. The molecule has 2 fully saturated rings. The van der Waals surface area contributed by atoms with E-state index in [1.165, 1.54) is 0 Å². The van der Waals surface area contributed by atoms with Crippen molar-refractivity contribution < 1.29 is 14.7 Å². The second-order valence-corrected chi connectivity index (χ2v) is 3.77. The number of aliphatic hydroxyl groups excluding tert-OH is 1. The lowest BCUT2D eigenvalue weighted by Gasteiger charge is -2.27. The van der Waals surface area contributed by atoms with Gasteiger partial charge in [-0.1, -0.05) is 0 Å². The molecule has 0 aromatic rings. The first-order valence-electron chi connectivity index (χ1n) is 4.38. The van der Waals surface area contributed by atoms with E-state index in [0.717, 1.165) is 26.2 Å². The normalized spacial score (nSPS) is 43.0. The Kier molecular flexibility index (Phi) is 2.08. The lowest BCUT2D eigenvalue weighted by atomic mass is 10.00. The van der Waals surface area contributed by atoms with Gasteiger partial charge in [-0.3, -0.25) is 4.84 Å². The van der Waals surface area contributed by atoms with Crippen molar-refractivity contribution in [3.63, 3.8) is 0 Å². The summed E-state index contributed by atoms with van der Waals surface area (Å²) < 4.78 is 5.32. The smallest absolute Gasteiger partial charge is 0.112 e. The third-order valence-electron chi connectivity index (χ3n) is 2.51. The quantitative estimate of drug-likeness (QED) is 0.595. The molecule has 0 aromatic heterocycles. The van der Waals surface area contributed by atoms with Crippen LogP contribution in [0.4, 0.5) is 0 Å². The summed E-state index contributed by atoms with van der Waals surface area (Å²) in [6.07, 6.45) is 0.865. The molecular weight excluding hydrogens is 158 g/mol. The van der Waals surface area contributed by atoms with Crippen LogP contribution in [0.15, 0.2) is 0 Å². The average molecular weight is 173 g/mol. The Morgan fingerprint density at radius 1 is 1.67 bits per heavy atom. The fourth-order valence-electron chi connectivity index (χ4n) is 1.83. The lowest BCUT2D eigenvalue weighted by Crippen LogP contribution is -2.40. The first kappa shape index (κ1) is 8.44. The van der Waals surface area contributed by atoms with Gasteiger partial charge >= 0.3 is 0 Å². The third-order valence-corrected chi connectivity index (χ3v) is 2.51. The molecule has 0 bridgehead atoms. The number of ether oxygens (including phenoxy) is 1. The van der Waals surface area contributed by atoms with E-state index in [1.807, 2.05) is 12.0 Å². The van der Waals surface area contributed by atoms with Gasteiger partial charge in [0.15, 0.2) is 0 Å². The largest absolute Gasteiger partial charge is 0.393 e. The van der Waals surface area contributed by atoms with Crippen molar-refractivity contribution >= 4 is 0 Å². The Bertz CT molecular complexity index is 160. The van der Waals surface area contributed by atoms with E-state index in [4.69, 9.17) is 14.7 Å². The summed E-state index contributed by atoms with van der Waals surface area (Å²) in [4.78, 5) is 5.61. The molecule has 70 valence electrons. The zero-order chi connectivity index (χ0) is 8.60. The molecule has 4 heteroatoms. The summed E-state index contributed by atoms with van der Waals surface area (Å²) >= 11 is 0. The summed E-state index contributed by atoms with van der Waals surface area (Å²) in [7, 11) is 0. The summed E-state index contributed by atoms with van der Waals surface area (Å²) in [5, 5.41) is 11.0. The second kappa shape index (κ2) is 2.96. The minimum absolute atomic E-state index is 0.0833. The Labute approximate surface area is 72.0 Å². The van der Waals surface area contributed by atoms with Gasteiger partial charge in [-0.2, -0.15) is 5.06 Å². The number of hydroxylamine groups is 2. The molecule has 2 aliphatic heterocycles. The van der Waals surface area contributed by atoms with Crippen LogP contribution >= 0.6 is 0 Å². The highest BCUT2D eigenvalue weighted by atomic mass is 16.7. The second-order valence-electron chi connectivity index (χ2n) is 3.77. The van der Waals surface area contributed by atoms with E-state index in [1.54, 1.807) is 0 Å². The van der Waals surface area contributed by atoms with E-state index >= 15 is 0 Å². The molecule has 2 aliphatic rings. The summed E-state index contributed by atoms with van der Waals surface area (Å²) in [6, 6.07) is 0.343. The Hall–Kier alpha value is -0.160. The molecule has 4 nitrogen and oxygen atoms in total. The molecule has 0 amide bonds. The van der Waals surface area contributed by atoms with Crippen molar-refractivity contribution in [1.29, 1.82) is 0 Å². The summed E-state index contributed by atoms with van der Waals surface area (Å²) in [5.41, 5.74) is -0.377. The number of hydrogen-bond acceptors (Lipinski definition) is 4. The molecular formula is C8H15NO3. The van der Waals surface area contributed by atoms with Crippen LogP contribution in [0.3, 0.4) is 0 Å². The molecule has 0 aromatic carbocycles. The Morgan fingerprint density at radius 2 is 2.50 bits per heavy atom. The molecule has 0 unspecified atom stereocenters. The Morgan fingerprint density at radius 3 is 3.17 bits per heavy atom. The van der Waals surface area contributed by atoms with Crippen molar-refractivity contribution in [1.82, 2.24) is 5.06 Å². The Balaban J connectivity index is 2.02. The number of rotatable bonds is 1.